The Morgan fingerprint density at radius 2 is 2.05 bits per heavy atom. The molecule has 6 heteroatoms. The summed E-state index contributed by atoms with van der Waals surface area (Å²) in [5, 5.41) is 3.63. The lowest BCUT2D eigenvalue weighted by Crippen LogP contribution is -2.22. The molecule has 0 spiro atoms. The Labute approximate surface area is 125 Å². The summed E-state index contributed by atoms with van der Waals surface area (Å²) in [5.74, 6) is -0.0389. The topological polar surface area (TPSA) is 46.2 Å². The summed E-state index contributed by atoms with van der Waals surface area (Å²) in [6.45, 7) is 4.35. The van der Waals surface area contributed by atoms with Crippen molar-refractivity contribution in [3.8, 4) is 0 Å². The van der Waals surface area contributed by atoms with Crippen LogP contribution >= 0.6 is 11.6 Å². The number of halogens is 2. The first-order chi connectivity index (χ1) is 9.39. The van der Waals surface area contributed by atoms with Gasteiger partial charge < -0.3 is 5.32 Å². The molecule has 0 bridgehead atoms. The molecule has 0 aliphatic heterocycles. The van der Waals surface area contributed by atoms with Crippen molar-refractivity contribution in [1.82, 2.24) is 5.32 Å². The van der Waals surface area contributed by atoms with E-state index < -0.39 is 9.84 Å². The smallest absolute Gasteiger partial charge is 0.150 e. The average molecular weight is 322 g/mol. The summed E-state index contributed by atoms with van der Waals surface area (Å²) >= 11 is 6.06. The lowest BCUT2D eigenvalue weighted by Gasteiger charge is -2.19. The fraction of sp³-hybridized carbons (Fsp3) is 0.571. The van der Waals surface area contributed by atoms with Crippen LogP contribution in [0.4, 0.5) is 4.39 Å². The van der Waals surface area contributed by atoms with Crippen molar-refractivity contribution in [2.75, 3.05) is 18.1 Å². The first-order valence-electron chi connectivity index (χ1n) is 6.78. The van der Waals surface area contributed by atoms with Crippen LogP contribution in [-0.2, 0) is 9.84 Å². The molecule has 1 N–H and O–H groups in total. The molecule has 1 atom stereocenters. The number of hydrogen-bond donors (Lipinski definition) is 1. The van der Waals surface area contributed by atoms with Crippen molar-refractivity contribution in [3.05, 3.63) is 34.6 Å². The van der Waals surface area contributed by atoms with Gasteiger partial charge in [0, 0.05) is 16.8 Å². The summed E-state index contributed by atoms with van der Waals surface area (Å²) in [6, 6.07) is 4.25. The first-order valence-corrected chi connectivity index (χ1v) is 8.98. The third-order valence-electron chi connectivity index (χ3n) is 3.18. The van der Waals surface area contributed by atoms with Gasteiger partial charge in [-0.05, 0) is 37.1 Å². The molecule has 0 saturated carbocycles. The summed E-state index contributed by atoms with van der Waals surface area (Å²) in [4.78, 5) is 0. The highest BCUT2D eigenvalue weighted by Gasteiger charge is 2.16. The SMILES string of the molecule is CCNC(CCCS(=O)(=O)CC)c1ccc(F)cc1Cl. The number of hydrogen-bond acceptors (Lipinski definition) is 3. The highest BCUT2D eigenvalue weighted by molar-refractivity contribution is 7.91. The van der Waals surface area contributed by atoms with E-state index in [1.165, 1.54) is 12.1 Å². The molecule has 0 heterocycles. The Balaban J connectivity index is 2.74. The van der Waals surface area contributed by atoms with E-state index in [0.717, 1.165) is 12.1 Å². The molecule has 3 nitrogen and oxygen atoms in total. The standard InChI is InChI=1S/C14H21ClFNO2S/c1-3-17-14(6-5-9-20(18,19)4-2)12-8-7-11(16)10-13(12)15/h7-8,10,14,17H,3-6,9H2,1-2H3. The van der Waals surface area contributed by atoms with E-state index in [0.29, 0.717) is 17.9 Å². The fourth-order valence-electron chi connectivity index (χ4n) is 2.05. The number of rotatable bonds is 8. The van der Waals surface area contributed by atoms with Gasteiger partial charge in [0.2, 0.25) is 0 Å². The maximum atomic E-state index is 13.1. The van der Waals surface area contributed by atoms with Crippen molar-refractivity contribution in [2.24, 2.45) is 0 Å². The Hall–Kier alpha value is -0.650. The number of sulfone groups is 1. The van der Waals surface area contributed by atoms with E-state index in [9.17, 15) is 12.8 Å². The first kappa shape index (κ1) is 17.4. The molecule has 0 radical (unpaired) electrons. The predicted molar refractivity (Wildman–Crippen MR) is 81.4 cm³/mol. The zero-order chi connectivity index (χ0) is 15.2. The molecule has 1 aromatic rings. The predicted octanol–water partition coefficient (Wildman–Crippen LogP) is 3.34. The van der Waals surface area contributed by atoms with Gasteiger partial charge in [0.15, 0.2) is 0 Å². The van der Waals surface area contributed by atoms with E-state index in [1.54, 1.807) is 13.0 Å². The summed E-state index contributed by atoms with van der Waals surface area (Å²) < 4.78 is 36.0. The van der Waals surface area contributed by atoms with E-state index in [-0.39, 0.29) is 23.4 Å². The minimum absolute atomic E-state index is 0.0554. The van der Waals surface area contributed by atoms with Gasteiger partial charge >= 0.3 is 0 Å². The molecule has 1 aromatic carbocycles. The summed E-state index contributed by atoms with van der Waals surface area (Å²) in [6.07, 6.45) is 1.21. The third-order valence-corrected chi connectivity index (χ3v) is 5.29. The quantitative estimate of drug-likeness (QED) is 0.798. The molecule has 0 amide bonds. The molecular formula is C14H21ClFNO2S. The molecule has 114 valence electrons. The minimum atomic E-state index is -2.95. The monoisotopic (exact) mass is 321 g/mol. The highest BCUT2D eigenvalue weighted by atomic mass is 35.5. The molecule has 20 heavy (non-hydrogen) atoms. The van der Waals surface area contributed by atoms with Crippen LogP contribution in [0, 0.1) is 5.82 Å². The Morgan fingerprint density at radius 3 is 2.60 bits per heavy atom. The molecule has 0 aliphatic rings. The molecule has 0 saturated heterocycles. The van der Waals surface area contributed by atoms with Crippen LogP contribution in [0.5, 0.6) is 0 Å². The van der Waals surface area contributed by atoms with E-state index in [2.05, 4.69) is 5.32 Å². The highest BCUT2D eigenvalue weighted by Crippen LogP contribution is 2.27. The normalized spacial score (nSPS) is 13.4. The Bertz CT molecular complexity index is 534. The maximum absolute atomic E-state index is 13.1. The van der Waals surface area contributed by atoms with Crippen LogP contribution in [0.25, 0.3) is 0 Å². The van der Waals surface area contributed by atoms with Gasteiger partial charge in [-0.1, -0.05) is 31.5 Å². The zero-order valence-electron chi connectivity index (χ0n) is 11.8. The molecule has 1 rings (SSSR count). The van der Waals surface area contributed by atoms with Crippen molar-refractivity contribution in [2.45, 2.75) is 32.7 Å². The molecule has 0 aliphatic carbocycles. The van der Waals surface area contributed by atoms with Crippen molar-refractivity contribution in [1.29, 1.82) is 0 Å². The Morgan fingerprint density at radius 1 is 1.35 bits per heavy atom. The lowest BCUT2D eigenvalue weighted by molar-refractivity contribution is 0.505. The van der Waals surface area contributed by atoms with Crippen molar-refractivity contribution < 1.29 is 12.8 Å². The van der Waals surface area contributed by atoms with Gasteiger partial charge in [-0.3, -0.25) is 0 Å². The van der Waals surface area contributed by atoms with Crippen LogP contribution in [0.2, 0.25) is 5.02 Å². The summed E-state index contributed by atoms with van der Waals surface area (Å²) in [5.41, 5.74) is 0.809. The number of nitrogens with one attached hydrogen (secondary N) is 1. The summed E-state index contributed by atoms with van der Waals surface area (Å²) in [7, 11) is -2.95. The second kappa shape index (κ2) is 7.96. The second-order valence-electron chi connectivity index (χ2n) is 4.65. The van der Waals surface area contributed by atoms with E-state index in [1.807, 2.05) is 6.92 Å². The van der Waals surface area contributed by atoms with Crippen LogP contribution in [0.3, 0.4) is 0 Å². The molecular weight excluding hydrogens is 301 g/mol. The minimum Gasteiger partial charge on any atom is -0.310 e. The zero-order valence-corrected chi connectivity index (χ0v) is 13.4. The van der Waals surface area contributed by atoms with Crippen LogP contribution in [0.15, 0.2) is 18.2 Å². The molecule has 1 unspecified atom stereocenters. The largest absolute Gasteiger partial charge is 0.310 e. The second-order valence-corrected chi connectivity index (χ2v) is 7.53. The lowest BCUT2D eigenvalue weighted by atomic mass is 10.0. The van der Waals surface area contributed by atoms with Crippen molar-refractivity contribution in [3.63, 3.8) is 0 Å². The van der Waals surface area contributed by atoms with Crippen LogP contribution < -0.4 is 5.32 Å². The van der Waals surface area contributed by atoms with Crippen LogP contribution in [-0.4, -0.2) is 26.5 Å². The molecule has 0 fully saturated rings. The van der Waals surface area contributed by atoms with Gasteiger partial charge in [0.25, 0.3) is 0 Å². The van der Waals surface area contributed by atoms with Gasteiger partial charge in [0.05, 0.1) is 5.75 Å². The molecule has 0 aromatic heterocycles. The Kier molecular flexibility index (Phi) is 6.92. The van der Waals surface area contributed by atoms with Crippen molar-refractivity contribution >= 4 is 21.4 Å². The van der Waals surface area contributed by atoms with E-state index in [4.69, 9.17) is 11.6 Å². The van der Waals surface area contributed by atoms with Gasteiger partial charge in [-0.2, -0.15) is 0 Å². The van der Waals surface area contributed by atoms with Gasteiger partial charge in [0.1, 0.15) is 15.7 Å². The van der Waals surface area contributed by atoms with Gasteiger partial charge in [-0.25, -0.2) is 12.8 Å². The maximum Gasteiger partial charge on any atom is 0.150 e. The van der Waals surface area contributed by atoms with Crippen LogP contribution in [0.1, 0.15) is 38.3 Å². The number of benzene rings is 1. The third kappa shape index (κ3) is 5.38. The van der Waals surface area contributed by atoms with Gasteiger partial charge in [-0.15, -0.1) is 0 Å². The average Bonchev–Trinajstić information content (AvgIpc) is 2.38. The fourth-order valence-corrected chi connectivity index (χ4v) is 3.24. The van der Waals surface area contributed by atoms with E-state index >= 15 is 0 Å².